The predicted octanol–water partition coefficient (Wildman–Crippen LogP) is 5.96. The molecule has 4 heterocycles. The van der Waals surface area contributed by atoms with Gasteiger partial charge in [-0.3, -0.25) is 0 Å². The fraction of sp³-hybridized carbons (Fsp3) is 0.636. The molecule has 4 rings (SSSR count). The topological polar surface area (TPSA) is 54.8 Å². The number of thiophene rings is 1. The molecular weight excluding hydrogens is 446 g/mol. The number of aromatic nitrogens is 3. The first kappa shape index (κ1) is 21.1. The summed E-state index contributed by atoms with van der Waals surface area (Å²) in [5, 5.41) is 7.12. The maximum absolute atomic E-state index is 5.17. The van der Waals surface area contributed by atoms with Gasteiger partial charge < -0.3 is 15.2 Å². The molecule has 158 valence electrons. The van der Waals surface area contributed by atoms with E-state index in [4.69, 9.17) is 9.97 Å². The summed E-state index contributed by atoms with van der Waals surface area (Å²) < 4.78 is 4.90. The molecule has 1 fully saturated rings. The Balaban J connectivity index is 1.91. The first-order valence-corrected chi connectivity index (χ1v) is 12.4. The molecule has 0 amide bonds. The van der Waals surface area contributed by atoms with Crippen LogP contribution in [0.5, 0.6) is 0 Å². The molecule has 0 aromatic carbocycles. The molecule has 0 atom stereocenters. The minimum Gasteiger partial charge on any atom is -0.364 e. The molecule has 29 heavy (non-hydrogen) atoms. The lowest BCUT2D eigenvalue weighted by Crippen LogP contribution is -2.30. The lowest BCUT2D eigenvalue weighted by atomic mass is 9.98. The van der Waals surface area contributed by atoms with E-state index in [2.05, 4.69) is 64.9 Å². The fourth-order valence-corrected chi connectivity index (χ4v) is 5.74. The summed E-state index contributed by atoms with van der Waals surface area (Å²) >= 11 is 5.46. The van der Waals surface area contributed by atoms with Crippen LogP contribution in [-0.4, -0.2) is 33.2 Å². The Labute approximate surface area is 185 Å². The first-order valence-electron chi connectivity index (χ1n) is 10.8. The van der Waals surface area contributed by atoms with Gasteiger partial charge >= 0.3 is 0 Å². The van der Waals surface area contributed by atoms with Crippen molar-refractivity contribution in [1.29, 1.82) is 0 Å². The zero-order valence-electron chi connectivity index (χ0n) is 17.9. The van der Waals surface area contributed by atoms with Crippen molar-refractivity contribution in [3.63, 3.8) is 0 Å². The van der Waals surface area contributed by atoms with Crippen LogP contribution in [0.15, 0.2) is 9.85 Å². The zero-order chi connectivity index (χ0) is 20.6. The minimum atomic E-state index is -0.0662. The van der Waals surface area contributed by atoms with Crippen LogP contribution < -0.4 is 10.6 Å². The number of rotatable bonds is 6. The molecule has 3 aromatic heterocycles. The highest BCUT2D eigenvalue weighted by Crippen LogP contribution is 2.38. The van der Waals surface area contributed by atoms with E-state index in [1.54, 1.807) is 11.3 Å². The summed E-state index contributed by atoms with van der Waals surface area (Å²) in [4.78, 5) is 10.1. The van der Waals surface area contributed by atoms with Crippen molar-refractivity contribution in [3.8, 4) is 0 Å². The number of hydrogen-bond acceptors (Lipinski definition) is 5. The maximum atomic E-state index is 5.17. The Morgan fingerprint density at radius 1 is 1.28 bits per heavy atom. The fourth-order valence-electron chi connectivity index (χ4n) is 4.16. The second-order valence-corrected chi connectivity index (χ2v) is 11.7. The second-order valence-electron chi connectivity index (χ2n) is 9.23. The number of pyridine rings is 1. The van der Waals surface area contributed by atoms with Gasteiger partial charge in [-0.25, -0.2) is 9.97 Å². The van der Waals surface area contributed by atoms with Crippen LogP contribution in [0.4, 0.5) is 5.82 Å². The number of anilines is 1. The van der Waals surface area contributed by atoms with Gasteiger partial charge in [0.25, 0.3) is 0 Å². The predicted molar refractivity (Wildman–Crippen MR) is 128 cm³/mol. The van der Waals surface area contributed by atoms with Crippen LogP contribution in [0.25, 0.3) is 21.3 Å². The Morgan fingerprint density at radius 2 is 2.03 bits per heavy atom. The van der Waals surface area contributed by atoms with E-state index in [1.165, 1.54) is 41.7 Å². The SMILES string of the molecule is CCCCc1nc2c(NC(C)(C)C)nc3cc(Br)sc3c2n1CC1CCNCC1. The lowest BCUT2D eigenvalue weighted by molar-refractivity contribution is 0.333. The van der Waals surface area contributed by atoms with Crippen molar-refractivity contribution < 1.29 is 0 Å². The summed E-state index contributed by atoms with van der Waals surface area (Å²) in [7, 11) is 0. The van der Waals surface area contributed by atoms with Crippen LogP contribution in [-0.2, 0) is 13.0 Å². The normalized spacial score (nSPS) is 16.2. The first-order chi connectivity index (χ1) is 13.9. The van der Waals surface area contributed by atoms with Gasteiger partial charge in [0.15, 0.2) is 5.82 Å². The quantitative estimate of drug-likeness (QED) is 0.459. The van der Waals surface area contributed by atoms with Gasteiger partial charge in [0.1, 0.15) is 11.3 Å². The molecule has 0 spiro atoms. The molecule has 0 saturated carbocycles. The Hall–Kier alpha value is -1.18. The summed E-state index contributed by atoms with van der Waals surface area (Å²) in [5.41, 5.74) is 3.28. The maximum Gasteiger partial charge on any atom is 0.155 e. The molecule has 0 radical (unpaired) electrons. The van der Waals surface area contributed by atoms with Crippen molar-refractivity contribution in [1.82, 2.24) is 19.9 Å². The van der Waals surface area contributed by atoms with Crippen LogP contribution >= 0.6 is 27.3 Å². The van der Waals surface area contributed by atoms with Gasteiger partial charge in [0.05, 0.1) is 19.5 Å². The highest BCUT2D eigenvalue weighted by molar-refractivity contribution is 9.11. The average Bonchev–Trinajstić information content (AvgIpc) is 3.20. The molecule has 1 aliphatic heterocycles. The lowest BCUT2D eigenvalue weighted by Gasteiger charge is -2.24. The van der Waals surface area contributed by atoms with Crippen molar-refractivity contribution in [3.05, 3.63) is 15.7 Å². The molecular formula is C22H32BrN5S. The number of nitrogens with one attached hydrogen (secondary N) is 2. The highest BCUT2D eigenvalue weighted by Gasteiger charge is 2.24. The van der Waals surface area contributed by atoms with E-state index >= 15 is 0 Å². The van der Waals surface area contributed by atoms with Gasteiger partial charge in [0.2, 0.25) is 0 Å². The largest absolute Gasteiger partial charge is 0.364 e. The number of halogens is 1. The molecule has 7 heteroatoms. The van der Waals surface area contributed by atoms with E-state index in [-0.39, 0.29) is 5.54 Å². The number of imidazole rings is 1. The summed E-state index contributed by atoms with van der Waals surface area (Å²) in [6.07, 6.45) is 5.86. The molecule has 3 aromatic rings. The minimum absolute atomic E-state index is 0.0662. The van der Waals surface area contributed by atoms with Gasteiger partial charge in [-0.2, -0.15) is 0 Å². The Morgan fingerprint density at radius 3 is 2.72 bits per heavy atom. The molecule has 0 unspecified atom stereocenters. The van der Waals surface area contributed by atoms with Crippen LogP contribution in [0, 0.1) is 5.92 Å². The van der Waals surface area contributed by atoms with E-state index in [0.29, 0.717) is 5.92 Å². The van der Waals surface area contributed by atoms with E-state index in [9.17, 15) is 0 Å². The number of piperidine rings is 1. The number of unbranched alkanes of at least 4 members (excludes halogenated alkanes) is 1. The van der Waals surface area contributed by atoms with Crippen molar-refractivity contribution >= 4 is 54.3 Å². The Kier molecular flexibility index (Phi) is 6.19. The number of aryl methyl sites for hydroxylation is 1. The van der Waals surface area contributed by atoms with Gasteiger partial charge in [-0.05, 0) is 81.0 Å². The van der Waals surface area contributed by atoms with Crippen molar-refractivity contribution in [2.45, 2.75) is 71.9 Å². The highest BCUT2D eigenvalue weighted by atomic mass is 79.9. The van der Waals surface area contributed by atoms with Crippen molar-refractivity contribution in [2.75, 3.05) is 18.4 Å². The molecule has 0 aliphatic carbocycles. The van der Waals surface area contributed by atoms with Crippen LogP contribution in [0.1, 0.15) is 59.2 Å². The third kappa shape index (κ3) is 4.62. The van der Waals surface area contributed by atoms with E-state index < -0.39 is 0 Å². The van der Waals surface area contributed by atoms with E-state index in [0.717, 1.165) is 46.7 Å². The third-order valence-corrected chi connectivity index (χ3v) is 7.18. The average molecular weight is 479 g/mol. The number of nitrogens with zero attached hydrogens (tertiary/aromatic N) is 3. The molecule has 1 aliphatic rings. The van der Waals surface area contributed by atoms with Gasteiger partial charge in [-0.15, -0.1) is 11.3 Å². The van der Waals surface area contributed by atoms with Crippen LogP contribution in [0.2, 0.25) is 0 Å². The third-order valence-electron chi connectivity index (χ3n) is 5.55. The second kappa shape index (κ2) is 8.52. The van der Waals surface area contributed by atoms with Gasteiger partial charge in [-0.1, -0.05) is 13.3 Å². The van der Waals surface area contributed by atoms with E-state index in [1.807, 2.05) is 0 Å². The Bertz CT molecular complexity index is 994. The summed E-state index contributed by atoms with van der Waals surface area (Å²) in [5.74, 6) is 2.84. The van der Waals surface area contributed by atoms with Crippen molar-refractivity contribution in [2.24, 2.45) is 5.92 Å². The molecule has 2 N–H and O–H groups in total. The molecule has 1 saturated heterocycles. The zero-order valence-corrected chi connectivity index (χ0v) is 20.3. The van der Waals surface area contributed by atoms with Gasteiger partial charge in [0, 0.05) is 18.5 Å². The monoisotopic (exact) mass is 477 g/mol. The summed E-state index contributed by atoms with van der Waals surface area (Å²) in [6, 6.07) is 2.14. The number of hydrogen-bond donors (Lipinski definition) is 2. The molecule has 5 nitrogen and oxygen atoms in total. The van der Waals surface area contributed by atoms with Crippen LogP contribution in [0.3, 0.4) is 0 Å². The number of fused-ring (bicyclic) bond motifs is 3. The molecule has 0 bridgehead atoms. The summed E-state index contributed by atoms with van der Waals surface area (Å²) in [6.45, 7) is 12.1. The standard InChI is InChI=1S/C22H32BrN5S/c1-5-6-7-17-26-18-19(28(17)13-14-8-10-24-11-9-14)20-15(12-16(23)29-20)25-21(18)27-22(2,3)4/h12,14,24H,5-11,13H2,1-4H3,(H,25,27). The smallest absolute Gasteiger partial charge is 0.155 e.